The summed E-state index contributed by atoms with van der Waals surface area (Å²) in [6.45, 7) is 0. The van der Waals surface area contributed by atoms with E-state index in [1.807, 2.05) is 30.3 Å². The van der Waals surface area contributed by atoms with Crippen molar-refractivity contribution in [2.75, 3.05) is 0 Å². The van der Waals surface area contributed by atoms with Crippen LogP contribution in [-0.2, 0) is 0 Å². The van der Waals surface area contributed by atoms with E-state index >= 15 is 0 Å². The van der Waals surface area contributed by atoms with Crippen LogP contribution in [0.4, 0.5) is 0 Å². The van der Waals surface area contributed by atoms with E-state index in [0.717, 1.165) is 5.56 Å². The minimum absolute atomic E-state index is 0.0962. The molecule has 2 aromatic carbocycles. The second kappa shape index (κ2) is 6.37. The maximum absolute atomic E-state index is 12.4. The quantitative estimate of drug-likeness (QED) is 0.545. The molecule has 5 heteroatoms. The van der Waals surface area contributed by atoms with E-state index in [-0.39, 0.29) is 5.78 Å². The monoisotopic (exact) mass is 309 g/mol. The number of nitrogens with zero attached hydrogens (tertiary/aromatic N) is 3. The van der Waals surface area contributed by atoms with E-state index in [1.165, 1.54) is 6.33 Å². The zero-order chi connectivity index (χ0) is 15.4. The average Bonchev–Trinajstić information content (AvgIpc) is 3.08. The van der Waals surface area contributed by atoms with Crippen LogP contribution in [0.5, 0.6) is 0 Å². The Kier molecular flexibility index (Phi) is 4.12. The van der Waals surface area contributed by atoms with Crippen LogP contribution in [0.25, 0.3) is 5.70 Å². The number of hydrogen-bond acceptors (Lipinski definition) is 3. The molecule has 22 heavy (non-hydrogen) atoms. The molecular weight excluding hydrogens is 298 g/mol. The van der Waals surface area contributed by atoms with Crippen LogP contribution < -0.4 is 0 Å². The van der Waals surface area contributed by atoms with E-state index in [4.69, 9.17) is 11.6 Å². The standard InChI is InChI=1S/C17H12ClN3O/c18-15-8-6-13(7-9-15)16(21-12-19-11-20-21)10-17(22)14-4-2-1-3-5-14/h1-12H/b16-10-. The Morgan fingerprint density at radius 1 is 1.00 bits per heavy atom. The number of hydrogen-bond donors (Lipinski definition) is 0. The zero-order valence-electron chi connectivity index (χ0n) is 11.6. The maximum atomic E-state index is 12.4. The van der Waals surface area contributed by atoms with Crippen LogP contribution in [0.2, 0.25) is 5.02 Å². The molecule has 0 bridgehead atoms. The fourth-order valence-electron chi connectivity index (χ4n) is 2.04. The lowest BCUT2D eigenvalue weighted by Crippen LogP contribution is -2.04. The van der Waals surface area contributed by atoms with Gasteiger partial charge in [-0.05, 0) is 12.1 Å². The first-order valence-corrected chi connectivity index (χ1v) is 7.04. The topological polar surface area (TPSA) is 47.8 Å². The molecule has 0 saturated heterocycles. The Labute approximate surface area is 132 Å². The molecule has 0 atom stereocenters. The summed E-state index contributed by atoms with van der Waals surface area (Å²) in [5.74, 6) is -0.0962. The molecule has 0 aliphatic rings. The molecule has 108 valence electrons. The summed E-state index contributed by atoms with van der Waals surface area (Å²) >= 11 is 5.92. The fourth-order valence-corrected chi connectivity index (χ4v) is 2.17. The molecule has 1 aromatic heterocycles. The van der Waals surface area contributed by atoms with Crippen molar-refractivity contribution >= 4 is 23.1 Å². The molecule has 0 saturated carbocycles. The highest BCUT2D eigenvalue weighted by atomic mass is 35.5. The molecule has 3 rings (SSSR count). The Hall–Kier alpha value is -2.72. The van der Waals surface area contributed by atoms with Gasteiger partial charge in [0, 0.05) is 22.2 Å². The number of ketones is 1. The van der Waals surface area contributed by atoms with Crippen molar-refractivity contribution < 1.29 is 4.79 Å². The predicted molar refractivity (Wildman–Crippen MR) is 85.6 cm³/mol. The van der Waals surface area contributed by atoms with Gasteiger partial charge in [0.2, 0.25) is 0 Å². The van der Waals surface area contributed by atoms with Crippen LogP contribution in [0.3, 0.4) is 0 Å². The Balaban J connectivity index is 2.04. The molecule has 0 spiro atoms. The van der Waals surface area contributed by atoms with E-state index in [0.29, 0.717) is 16.3 Å². The van der Waals surface area contributed by atoms with Crippen molar-refractivity contribution in [1.29, 1.82) is 0 Å². The van der Waals surface area contributed by atoms with Crippen molar-refractivity contribution in [1.82, 2.24) is 14.8 Å². The van der Waals surface area contributed by atoms with Crippen LogP contribution in [-0.4, -0.2) is 20.5 Å². The van der Waals surface area contributed by atoms with E-state index in [2.05, 4.69) is 10.1 Å². The molecule has 4 nitrogen and oxygen atoms in total. The van der Waals surface area contributed by atoms with Gasteiger partial charge in [-0.3, -0.25) is 4.79 Å². The zero-order valence-corrected chi connectivity index (χ0v) is 12.3. The fraction of sp³-hybridized carbons (Fsp3) is 0. The first-order chi connectivity index (χ1) is 10.7. The van der Waals surface area contributed by atoms with E-state index in [9.17, 15) is 4.79 Å². The third-order valence-electron chi connectivity index (χ3n) is 3.13. The summed E-state index contributed by atoms with van der Waals surface area (Å²) in [6, 6.07) is 16.3. The van der Waals surface area contributed by atoms with Gasteiger partial charge in [0.25, 0.3) is 0 Å². The van der Waals surface area contributed by atoms with E-state index < -0.39 is 0 Å². The predicted octanol–water partition coefficient (Wildman–Crippen LogP) is 3.70. The largest absolute Gasteiger partial charge is 0.289 e. The molecule has 0 aliphatic carbocycles. The van der Waals surface area contributed by atoms with Crippen LogP contribution in [0.1, 0.15) is 15.9 Å². The number of carbonyl (C=O) groups excluding carboxylic acids is 1. The van der Waals surface area contributed by atoms with Gasteiger partial charge in [-0.1, -0.05) is 54.1 Å². The summed E-state index contributed by atoms with van der Waals surface area (Å²) in [7, 11) is 0. The van der Waals surface area contributed by atoms with Crippen LogP contribution in [0, 0.1) is 0 Å². The normalized spacial score (nSPS) is 11.4. The van der Waals surface area contributed by atoms with Gasteiger partial charge in [0.15, 0.2) is 5.78 Å². The van der Waals surface area contributed by atoms with Gasteiger partial charge in [0.1, 0.15) is 12.7 Å². The van der Waals surface area contributed by atoms with Gasteiger partial charge in [-0.15, -0.1) is 0 Å². The second-order valence-corrected chi connectivity index (χ2v) is 5.04. The molecule has 1 heterocycles. The van der Waals surface area contributed by atoms with Crippen molar-refractivity contribution in [3.63, 3.8) is 0 Å². The summed E-state index contributed by atoms with van der Waals surface area (Å²) in [4.78, 5) is 16.4. The van der Waals surface area contributed by atoms with Crippen LogP contribution in [0.15, 0.2) is 73.3 Å². The number of rotatable bonds is 4. The Morgan fingerprint density at radius 3 is 2.36 bits per heavy atom. The first kappa shape index (κ1) is 14.2. The molecule has 0 N–H and O–H groups in total. The van der Waals surface area contributed by atoms with Gasteiger partial charge in [-0.2, -0.15) is 5.10 Å². The molecule has 0 fully saturated rings. The third-order valence-corrected chi connectivity index (χ3v) is 3.38. The summed E-state index contributed by atoms with van der Waals surface area (Å²) in [6.07, 6.45) is 4.53. The average molecular weight is 310 g/mol. The first-order valence-electron chi connectivity index (χ1n) is 6.66. The molecule has 3 aromatic rings. The maximum Gasteiger partial charge on any atom is 0.188 e. The highest BCUT2D eigenvalue weighted by Gasteiger charge is 2.09. The van der Waals surface area contributed by atoms with Gasteiger partial charge in [0.05, 0.1) is 5.70 Å². The number of benzene rings is 2. The molecule has 0 aliphatic heterocycles. The second-order valence-electron chi connectivity index (χ2n) is 4.61. The SMILES string of the molecule is O=C(/C=C(/c1ccc(Cl)cc1)n1cncn1)c1ccccc1. The summed E-state index contributed by atoms with van der Waals surface area (Å²) in [5.41, 5.74) is 2.09. The lowest BCUT2D eigenvalue weighted by atomic mass is 10.1. The van der Waals surface area contributed by atoms with Gasteiger partial charge < -0.3 is 0 Å². The Morgan fingerprint density at radius 2 is 1.73 bits per heavy atom. The Bertz CT molecular complexity index is 794. The van der Waals surface area contributed by atoms with Gasteiger partial charge in [-0.25, -0.2) is 9.67 Å². The molecule has 0 unspecified atom stereocenters. The number of allylic oxidation sites excluding steroid dienone is 1. The van der Waals surface area contributed by atoms with Crippen molar-refractivity contribution in [2.24, 2.45) is 0 Å². The molecular formula is C17H12ClN3O. The summed E-state index contributed by atoms with van der Waals surface area (Å²) in [5, 5.41) is 4.75. The number of carbonyl (C=O) groups is 1. The van der Waals surface area contributed by atoms with Crippen molar-refractivity contribution in [3.05, 3.63) is 89.5 Å². The molecule has 0 radical (unpaired) electrons. The number of halogens is 1. The third kappa shape index (κ3) is 3.13. The van der Waals surface area contributed by atoms with Crippen molar-refractivity contribution in [2.45, 2.75) is 0 Å². The van der Waals surface area contributed by atoms with Gasteiger partial charge >= 0.3 is 0 Å². The van der Waals surface area contributed by atoms with Crippen LogP contribution >= 0.6 is 11.6 Å². The highest BCUT2D eigenvalue weighted by molar-refractivity contribution is 6.30. The molecule has 0 amide bonds. The summed E-state index contributed by atoms with van der Waals surface area (Å²) < 4.78 is 1.56. The van der Waals surface area contributed by atoms with E-state index in [1.54, 1.807) is 41.4 Å². The minimum atomic E-state index is -0.0962. The highest BCUT2D eigenvalue weighted by Crippen LogP contribution is 2.19. The smallest absolute Gasteiger partial charge is 0.188 e. The lowest BCUT2D eigenvalue weighted by molar-refractivity contribution is 0.104. The minimum Gasteiger partial charge on any atom is -0.289 e. The number of aromatic nitrogens is 3. The lowest BCUT2D eigenvalue weighted by Gasteiger charge is -2.07. The van der Waals surface area contributed by atoms with Crippen molar-refractivity contribution in [3.8, 4) is 0 Å².